The van der Waals surface area contributed by atoms with Crippen LogP contribution in [0.3, 0.4) is 0 Å². The first-order chi connectivity index (χ1) is 18.7. The second-order valence-corrected chi connectivity index (χ2v) is 9.80. The molecule has 3 aromatic rings. The number of anilines is 2. The summed E-state index contributed by atoms with van der Waals surface area (Å²) < 4.78 is 11.0. The van der Waals surface area contributed by atoms with Crippen molar-refractivity contribution >= 4 is 52.2 Å². The number of thioether (sulfide) groups is 1. The molecular formula is C29H27N3O6S. The van der Waals surface area contributed by atoms with Crippen LogP contribution in [0.15, 0.2) is 71.6 Å². The highest BCUT2D eigenvalue weighted by atomic mass is 32.2. The quantitative estimate of drug-likeness (QED) is 0.364. The third-order valence-electron chi connectivity index (χ3n) is 5.62. The summed E-state index contributed by atoms with van der Waals surface area (Å²) in [6, 6.07) is 19.6. The van der Waals surface area contributed by atoms with Crippen LogP contribution in [-0.2, 0) is 14.4 Å². The molecule has 0 spiro atoms. The third kappa shape index (κ3) is 7.26. The van der Waals surface area contributed by atoms with Gasteiger partial charge in [0.15, 0.2) is 18.1 Å². The summed E-state index contributed by atoms with van der Waals surface area (Å²) in [5.74, 6) is -0.666. The molecule has 39 heavy (non-hydrogen) atoms. The van der Waals surface area contributed by atoms with Gasteiger partial charge in [-0.25, -0.2) is 0 Å². The van der Waals surface area contributed by atoms with E-state index in [0.717, 1.165) is 27.8 Å². The Morgan fingerprint density at radius 3 is 2.13 bits per heavy atom. The monoisotopic (exact) mass is 545 g/mol. The minimum absolute atomic E-state index is 0.177. The Morgan fingerprint density at radius 1 is 0.872 bits per heavy atom. The van der Waals surface area contributed by atoms with Crippen LogP contribution in [0.25, 0.3) is 6.08 Å². The van der Waals surface area contributed by atoms with Crippen molar-refractivity contribution in [3.63, 3.8) is 0 Å². The Balaban J connectivity index is 1.38. The lowest BCUT2D eigenvalue weighted by Gasteiger charge is -2.13. The summed E-state index contributed by atoms with van der Waals surface area (Å²) in [5, 5.41) is 4.94. The predicted molar refractivity (Wildman–Crippen MR) is 151 cm³/mol. The molecule has 200 valence electrons. The van der Waals surface area contributed by atoms with Crippen molar-refractivity contribution in [3.05, 3.63) is 88.3 Å². The van der Waals surface area contributed by atoms with Crippen molar-refractivity contribution in [1.29, 1.82) is 0 Å². The molecule has 0 unspecified atom stereocenters. The minimum Gasteiger partial charge on any atom is -0.493 e. The SMILES string of the molecule is COc1cc(/C=C2/SC(=O)N(CC(=O)Nc3cccc(C)c3)C2=O)ccc1OCC(=O)Nc1cccc(C)c1. The average Bonchev–Trinajstić information content (AvgIpc) is 3.15. The van der Waals surface area contributed by atoms with Gasteiger partial charge in [0.25, 0.3) is 17.1 Å². The first-order valence-corrected chi connectivity index (χ1v) is 12.8. The number of ether oxygens (including phenoxy) is 2. The van der Waals surface area contributed by atoms with Crippen LogP contribution in [0.5, 0.6) is 11.5 Å². The van der Waals surface area contributed by atoms with Gasteiger partial charge in [-0.15, -0.1) is 0 Å². The zero-order valence-electron chi connectivity index (χ0n) is 21.6. The van der Waals surface area contributed by atoms with Gasteiger partial charge in [0.2, 0.25) is 5.91 Å². The highest BCUT2D eigenvalue weighted by molar-refractivity contribution is 8.18. The van der Waals surface area contributed by atoms with Crippen LogP contribution in [0.2, 0.25) is 0 Å². The van der Waals surface area contributed by atoms with E-state index in [9.17, 15) is 19.2 Å². The molecule has 10 heteroatoms. The minimum atomic E-state index is -0.559. The number of nitrogens with zero attached hydrogens (tertiary/aromatic N) is 1. The molecule has 2 N–H and O–H groups in total. The smallest absolute Gasteiger partial charge is 0.294 e. The van der Waals surface area contributed by atoms with E-state index in [4.69, 9.17) is 9.47 Å². The number of hydrogen-bond acceptors (Lipinski definition) is 7. The number of carbonyl (C=O) groups is 4. The van der Waals surface area contributed by atoms with Crippen molar-refractivity contribution in [3.8, 4) is 11.5 Å². The van der Waals surface area contributed by atoms with E-state index in [1.165, 1.54) is 7.11 Å². The van der Waals surface area contributed by atoms with E-state index in [1.807, 2.05) is 38.1 Å². The Labute approximate surface area is 230 Å². The summed E-state index contributed by atoms with van der Waals surface area (Å²) in [4.78, 5) is 51.2. The lowest BCUT2D eigenvalue weighted by atomic mass is 10.2. The van der Waals surface area contributed by atoms with Gasteiger partial charge in [-0.3, -0.25) is 24.1 Å². The zero-order chi connectivity index (χ0) is 27.9. The number of imide groups is 1. The number of nitrogens with one attached hydrogen (secondary N) is 2. The number of rotatable bonds is 9. The summed E-state index contributed by atoms with van der Waals surface area (Å²) in [5.41, 5.74) is 3.84. The lowest BCUT2D eigenvalue weighted by Crippen LogP contribution is -2.36. The fraction of sp³-hybridized carbons (Fsp3) is 0.172. The Kier molecular flexibility index (Phi) is 8.67. The second-order valence-electron chi connectivity index (χ2n) is 8.80. The molecular weight excluding hydrogens is 518 g/mol. The molecule has 0 radical (unpaired) electrons. The molecule has 0 bridgehead atoms. The van der Waals surface area contributed by atoms with Crippen molar-refractivity contribution in [1.82, 2.24) is 4.90 Å². The molecule has 0 aromatic heterocycles. The summed E-state index contributed by atoms with van der Waals surface area (Å²) in [6.45, 7) is 3.21. The number of aryl methyl sites for hydroxylation is 2. The Hall–Kier alpha value is -4.57. The largest absolute Gasteiger partial charge is 0.493 e. The van der Waals surface area contributed by atoms with E-state index in [2.05, 4.69) is 10.6 Å². The topological polar surface area (TPSA) is 114 Å². The van der Waals surface area contributed by atoms with Crippen LogP contribution < -0.4 is 20.1 Å². The van der Waals surface area contributed by atoms with Crippen molar-refractivity contribution in [2.45, 2.75) is 13.8 Å². The highest BCUT2D eigenvalue weighted by Gasteiger charge is 2.36. The lowest BCUT2D eigenvalue weighted by molar-refractivity contribution is -0.127. The maximum atomic E-state index is 12.9. The zero-order valence-corrected chi connectivity index (χ0v) is 22.5. The van der Waals surface area contributed by atoms with Gasteiger partial charge >= 0.3 is 0 Å². The van der Waals surface area contributed by atoms with Gasteiger partial charge in [0.1, 0.15) is 6.54 Å². The third-order valence-corrected chi connectivity index (χ3v) is 6.53. The first-order valence-electron chi connectivity index (χ1n) is 12.0. The van der Waals surface area contributed by atoms with Gasteiger partial charge in [-0.05, 0) is 84.8 Å². The standard InChI is InChI=1S/C29H27N3O6S/c1-18-6-4-8-21(12-18)30-26(33)16-32-28(35)25(39-29(32)36)15-20-10-11-23(24(14-20)37-3)38-17-27(34)31-22-9-5-7-19(2)13-22/h4-15H,16-17H2,1-3H3,(H,30,33)(H,31,34)/b25-15+. The van der Waals surface area contributed by atoms with E-state index in [1.54, 1.807) is 48.5 Å². The molecule has 1 aliphatic rings. The summed E-state index contributed by atoms with van der Waals surface area (Å²) >= 11 is 0.755. The molecule has 1 aliphatic heterocycles. The fourth-order valence-electron chi connectivity index (χ4n) is 3.81. The highest BCUT2D eigenvalue weighted by Crippen LogP contribution is 2.34. The maximum absolute atomic E-state index is 12.9. The molecule has 4 amide bonds. The normalized spacial score (nSPS) is 13.9. The van der Waals surface area contributed by atoms with Crippen LogP contribution in [0.1, 0.15) is 16.7 Å². The van der Waals surface area contributed by atoms with Crippen molar-refractivity contribution in [2.75, 3.05) is 30.9 Å². The van der Waals surface area contributed by atoms with Crippen LogP contribution in [0.4, 0.5) is 16.2 Å². The molecule has 3 aromatic carbocycles. The summed E-state index contributed by atoms with van der Waals surface area (Å²) in [7, 11) is 1.46. The number of carbonyl (C=O) groups excluding carboxylic acids is 4. The Bertz CT molecular complexity index is 1470. The van der Waals surface area contributed by atoms with Crippen LogP contribution >= 0.6 is 11.8 Å². The fourth-order valence-corrected chi connectivity index (χ4v) is 4.65. The summed E-state index contributed by atoms with van der Waals surface area (Å²) in [6.07, 6.45) is 1.54. The molecule has 0 atom stereocenters. The molecule has 4 rings (SSSR count). The van der Waals surface area contributed by atoms with Gasteiger partial charge in [0, 0.05) is 11.4 Å². The molecule has 9 nitrogen and oxygen atoms in total. The number of methoxy groups -OCH3 is 1. The maximum Gasteiger partial charge on any atom is 0.294 e. The van der Waals surface area contributed by atoms with Gasteiger partial charge in [0.05, 0.1) is 12.0 Å². The van der Waals surface area contributed by atoms with Crippen LogP contribution in [0, 0.1) is 13.8 Å². The number of benzene rings is 3. The number of amides is 4. The molecule has 1 heterocycles. The molecule has 0 saturated carbocycles. The first kappa shape index (κ1) is 27.5. The van der Waals surface area contributed by atoms with E-state index < -0.39 is 23.6 Å². The Morgan fingerprint density at radius 2 is 1.51 bits per heavy atom. The van der Waals surface area contributed by atoms with Gasteiger partial charge in [-0.2, -0.15) is 0 Å². The van der Waals surface area contributed by atoms with E-state index in [-0.39, 0.29) is 17.4 Å². The van der Waals surface area contributed by atoms with E-state index >= 15 is 0 Å². The second kappa shape index (κ2) is 12.3. The molecule has 1 saturated heterocycles. The van der Waals surface area contributed by atoms with Crippen molar-refractivity contribution < 1.29 is 28.7 Å². The number of hydrogen-bond donors (Lipinski definition) is 2. The molecule has 1 fully saturated rings. The van der Waals surface area contributed by atoms with Crippen molar-refractivity contribution in [2.24, 2.45) is 0 Å². The van der Waals surface area contributed by atoms with Gasteiger partial charge < -0.3 is 20.1 Å². The van der Waals surface area contributed by atoms with Crippen LogP contribution in [-0.4, -0.2) is 48.1 Å². The van der Waals surface area contributed by atoms with E-state index in [0.29, 0.717) is 28.4 Å². The molecule has 0 aliphatic carbocycles. The average molecular weight is 546 g/mol. The predicted octanol–water partition coefficient (Wildman–Crippen LogP) is 5.00. The van der Waals surface area contributed by atoms with Gasteiger partial charge in [-0.1, -0.05) is 30.3 Å².